The number of aliphatic carboxylic acids is 1. The smallest absolute Gasteiger partial charge is 0.326 e. The average Bonchev–Trinajstić information content (AvgIpc) is 2.74. The van der Waals surface area contributed by atoms with E-state index < -0.39 is 12.0 Å². The highest BCUT2D eigenvalue weighted by Gasteiger charge is 2.20. The van der Waals surface area contributed by atoms with Gasteiger partial charge in [-0.25, -0.2) is 4.79 Å². The highest BCUT2D eigenvalue weighted by molar-refractivity contribution is 5.83. The van der Waals surface area contributed by atoms with Crippen LogP contribution in [-0.4, -0.2) is 23.0 Å². The number of hydrogen-bond acceptors (Lipinski definition) is 2. The van der Waals surface area contributed by atoms with Crippen molar-refractivity contribution in [3.8, 4) is 0 Å². The molecule has 0 saturated heterocycles. The molecular weight excluding hydrogens is 398 g/mol. The van der Waals surface area contributed by atoms with Crippen LogP contribution in [0.25, 0.3) is 0 Å². The number of rotatable bonds is 18. The van der Waals surface area contributed by atoms with Gasteiger partial charge in [0.05, 0.1) is 0 Å². The summed E-state index contributed by atoms with van der Waals surface area (Å²) in [6, 6.07) is -0.798. The van der Waals surface area contributed by atoms with Gasteiger partial charge in [-0.1, -0.05) is 93.7 Å². The maximum absolute atomic E-state index is 11.9. The van der Waals surface area contributed by atoms with E-state index in [2.05, 4.69) is 73.0 Å². The summed E-state index contributed by atoms with van der Waals surface area (Å²) in [6.07, 6.45) is 32.9. The minimum Gasteiger partial charge on any atom is -0.480 e. The number of carbonyl (C=O) groups is 2. The van der Waals surface area contributed by atoms with Crippen LogP contribution in [0.2, 0.25) is 0 Å². The summed E-state index contributed by atoms with van der Waals surface area (Å²) in [5.74, 6) is -0.960. The third kappa shape index (κ3) is 20.6. The molecule has 0 heterocycles. The summed E-state index contributed by atoms with van der Waals surface area (Å²) in [4.78, 5) is 23.1. The van der Waals surface area contributed by atoms with Crippen LogP contribution >= 0.6 is 0 Å². The van der Waals surface area contributed by atoms with E-state index in [1.54, 1.807) is 0 Å². The van der Waals surface area contributed by atoms with Crippen molar-refractivity contribution in [2.45, 2.75) is 84.6 Å². The van der Waals surface area contributed by atoms with Gasteiger partial charge in [0.15, 0.2) is 0 Å². The summed E-state index contributed by atoms with van der Waals surface area (Å²) >= 11 is 0. The van der Waals surface area contributed by atoms with Crippen molar-refractivity contribution in [2.75, 3.05) is 0 Å². The van der Waals surface area contributed by atoms with Crippen LogP contribution in [0.4, 0.5) is 0 Å². The lowest BCUT2D eigenvalue weighted by Gasteiger charge is -2.16. The van der Waals surface area contributed by atoms with Gasteiger partial charge in [0, 0.05) is 6.42 Å². The topological polar surface area (TPSA) is 66.4 Å². The lowest BCUT2D eigenvalue weighted by Crippen LogP contribution is -2.41. The molecule has 0 fully saturated rings. The summed E-state index contributed by atoms with van der Waals surface area (Å²) < 4.78 is 0. The second kappa shape index (κ2) is 21.6. The molecule has 0 aliphatic carbocycles. The first-order valence-corrected chi connectivity index (χ1v) is 11.9. The van der Waals surface area contributed by atoms with Crippen LogP contribution < -0.4 is 5.32 Å². The number of allylic oxidation sites excluding steroid dienone is 12. The number of carboxylic acids is 1. The molecule has 0 aromatic heterocycles. The number of hydrogen-bond donors (Lipinski definition) is 2. The van der Waals surface area contributed by atoms with Gasteiger partial charge in [0.2, 0.25) is 5.91 Å². The van der Waals surface area contributed by atoms with Gasteiger partial charge in [-0.15, -0.1) is 0 Å². The minimum absolute atomic E-state index is 0.211. The second-order valence-electron chi connectivity index (χ2n) is 8.04. The van der Waals surface area contributed by atoms with Crippen molar-refractivity contribution in [3.05, 3.63) is 72.9 Å². The van der Waals surface area contributed by atoms with Crippen molar-refractivity contribution in [1.29, 1.82) is 0 Å². The van der Waals surface area contributed by atoms with Gasteiger partial charge in [-0.2, -0.15) is 0 Å². The zero-order valence-electron chi connectivity index (χ0n) is 20.2. The van der Waals surface area contributed by atoms with Gasteiger partial charge in [0.1, 0.15) is 6.04 Å². The maximum Gasteiger partial charge on any atom is 0.326 e. The maximum atomic E-state index is 11.9. The van der Waals surface area contributed by atoms with Crippen molar-refractivity contribution in [2.24, 2.45) is 5.92 Å². The average molecular weight is 442 g/mol. The molecule has 178 valence electrons. The van der Waals surface area contributed by atoms with Crippen molar-refractivity contribution >= 4 is 11.9 Å². The molecule has 0 rings (SSSR count). The quantitative estimate of drug-likeness (QED) is 0.223. The molecule has 0 aliphatic heterocycles. The Morgan fingerprint density at radius 2 is 1.12 bits per heavy atom. The number of amides is 1. The van der Waals surface area contributed by atoms with Crippen molar-refractivity contribution < 1.29 is 14.7 Å². The first kappa shape index (κ1) is 29.4. The Bertz CT molecular complexity index is 666. The van der Waals surface area contributed by atoms with E-state index in [4.69, 9.17) is 5.11 Å². The summed E-state index contributed by atoms with van der Waals surface area (Å²) in [6.45, 7) is 6.03. The fraction of sp³-hybridized carbons (Fsp3) is 0.500. The fourth-order valence-electron chi connectivity index (χ4n) is 2.81. The van der Waals surface area contributed by atoms with E-state index in [1.165, 1.54) is 0 Å². The van der Waals surface area contributed by atoms with Gasteiger partial charge in [-0.3, -0.25) is 4.79 Å². The van der Waals surface area contributed by atoms with E-state index in [9.17, 15) is 9.59 Å². The van der Waals surface area contributed by atoms with Crippen LogP contribution in [0.1, 0.15) is 78.6 Å². The van der Waals surface area contributed by atoms with Crippen LogP contribution in [0, 0.1) is 5.92 Å². The van der Waals surface area contributed by atoms with E-state index in [0.29, 0.717) is 19.3 Å². The Morgan fingerprint density at radius 1 is 0.719 bits per heavy atom. The fourth-order valence-corrected chi connectivity index (χ4v) is 2.81. The normalized spacial score (nSPS) is 13.8. The largest absolute Gasteiger partial charge is 0.480 e. The third-order valence-electron chi connectivity index (χ3n) is 4.48. The van der Waals surface area contributed by atoms with E-state index in [1.807, 2.05) is 26.0 Å². The van der Waals surface area contributed by atoms with Crippen molar-refractivity contribution in [3.63, 3.8) is 0 Å². The molecule has 4 heteroatoms. The lowest BCUT2D eigenvalue weighted by molar-refractivity contribution is -0.142. The first-order chi connectivity index (χ1) is 15.5. The molecule has 0 aromatic rings. The molecule has 1 amide bonds. The molecule has 0 aromatic carbocycles. The zero-order valence-corrected chi connectivity index (χ0v) is 20.2. The minimum atomic E-state index is -0.971. The highest BCUT2D eigenvalue weighted by atomic mass is 16.4. The molecule has 4 nitrogen and oxygen atoms in total. The van der Waals surface area contributed by atoms with Gasteiger partial charge in [-0.05, 0) is 57.3 Å². The lowest BCUT2D eigenvalue weighted by atomic mass is 10.0. The van der Waals surface area contributed by atoms with Crippen molar-refractivity contribution in [1.82, 2.24) is 5.32 Å². The Kier molecular flexibility index (Phi) is 19.8. The number of nitrogens with one attached hydrogen (secondary N) is 1. The van der Waals surface area contributed by atoms with E-state index in [-0.39, 0.29) is 11.8 Å². The van der Waals surface area contributed by atoms with Gasteiger partial charge < -0.3 is 10.4 Å². The predicted molar refractivity (Wildman–Crippen MR) is 136 cm³/mol. The molecule has 0 radical (unpaired) electrons. The summed E-state index contributed by atoms with van der Waals surface area (Å²) in [5, 5.41) is 11.8. The summed E-state index contributed by atoms with van der Waals surface area (Å²) in [5.41, 5.74) is 0. The van der Waals surface area contributed by atoms with E-state index >= 15 is 0 Å². The zero-order chi connectivity index (χ0) is 23.9. The first-order valence-electron chi connectivity index (χ1n) is 11.9. The van der Waals surface area contributed by atoms with Crippen LogP contribution in [-0.2, 0) is 9.59 Å². The van der Waals surface area contributed by atoms with Gasteiger partial charge >= 0.3 is 5.97 Å². The van der Waals surface area contributed by atoms with E-state index in [0.717, 1.165) is 38.5 Å². The Morgan fingerprint density at radius 3 is 1.50 bits per heavy atom. The molecule has 0 aliphatic rings. The van der Waals surface area contributed by atoms with Crippen LogP contribution in [0.3, 0.4) is 0 Å². The molecule has 0 saturated carbocycles. The highest BCUT2D eigenvalue weighted by Crippen LogP contribution is 2.06. The van der Waals surface area contributed by atoms with Crippen LogP contribution in [0.5, 0.6) is 0 Å². The molecule has 1 atom stereocenters. The monoisotopic (exact) mass is 441 g/mol. The molecule has 2 N–H and O–H groups in total. The standard InChI is InChI=1S/C28H43NO3/c1-4-5-6-7-8-9-10-11-12-13-14-15-16-17-18-19-20-21-22-23-27(30)29-26(28(31)32)24-25(2)3/h5-6,8-9,11-12,14-15,17-18,20-21,25-26H,4,7,10,13,16,19,22-24H2,1-3H3,(H,29,30)(H,31,32)/b6-5-,9-8-,12-11-,15-14-,18-17-,21-20-/t26-/m0/s1. The third-order valence-corrected chi connectivity index (χ3v) is 4.48. The SMILES string of the molecule is CC/C=C\C/C=C\C/C=C\C/C=C\C/C=C\C/C=C\CCC(=O)N[C@@H](CC(C)C)C(=O)O. The number of carboxylic acid groups (broad SMARTS) is 1. The second-order valence-corrected chi connectivity index (χ2v) is 8.04. The molecule has 32 heavy (non-hydrogen) atoms. The predicted octanol–water partition coefficient (Wildman–Crippen LogP) is 7.08. The Hall–Kier alpha value is -2.62. The molecular formula is C28H43NO3. The molecule has 0 unspecified atom stereocenters. The van der Waals surface area contributed by atoms with Crippen LogP contribution in [0.15, 0.2) is 72.9 Å². The molecule has 0 spiro atoms. The summed E-state index contributed by atoms with van der Waals surface area (Å²) in [7, 11) is 0. The number of carbonyl (C=O) groups excluding carboxylic acids is 1. The Balaban J connectivity index is 3.79. The molecule has 0 bridgehead atoms. The van der Waals surface area contributed by atoms with Gasteiger partial charge in [0.25, 0.3) is 0 Å². The Labute approximate surface area is 195 Å².